The van der Waals surface area contributed by atoms with E-state index in [9.17, 15) is 23.6 Å². The summed E-state index contributed by atoms with van der Waals surface area (Å²) in [5.41, 5.74) is 2.20. The normalized spacial score (nSPS) is 17.4. The number of rotatable bonds is 4. The highest BCUT2D eigenvalue weighted by molar-refractivity contribution is 6.34. The number of benzene rings is 3. The van der Waals surface area contributed by atoms with Crippen LogP contribution in [0.15, 0.2) is 66.7 Å². The minimum absolute atomic E-state index is 0.0116. The number of esters is 1. The number of ether oxygens (including phenoxy) is 1. The standard InChI is InChI=1S/C26H19FN2O5/c1-15-12-19(10-11-22(15)29-24(31)20-4-2-3-5-21(20)25(29)32)34-26(33)16-13-23(30)28(14-16)18-8-6-17(27)7-9-18/h2-12,16H,13-14H2,1H3/t16-/m0/s1. The molecular weight excluding hydrogens is 439 g/mol. The maximum absolute atomic E-state index is 13.2. The molecule has 0 bridgehead atoms. The van der Waals surface area contributed by atoms with Crippen molar-refractivity contribution in [1.29, 1.82) is 0 Å². The lowest BCUT2D eigenvalue weighted by Crippen LogP contribution is -2.30. The van der Waals surface area contributed by atoms with Crippen LogP contribution in [-0.2, 0) is 9.59 Å². The van der Waals surface area contributed by atoms with Gasteiger partial charge in [0.15, 0.2) is 0 Å². The molecule has 5 rings (SSSR count). The molecule has 3 aromatic carbocycles. The third-order valence-electron chi connectivity index (χ3n) is 6.02. The molecule has 2 heterocycles. The fourth-order valence-electron chi connectivity index (χ4n) is 4.29. The van der Waals surface area contributed by atoms with Gasteiger partial charge in [-0.05, 0) is 67.1 Å². The molecule has 1 saturated heterocycles. The van der Waals surface area contributed by atoms with E-state index >= 15 is 0 Å². The van der Waals surface area contributed by atoms with Gasteiger partial charge in [-0.25, -0.2) is 9.29 Å². The van der Waals surface area contributed by atoms with E-state index in [0.29, 0.717) is 28.1 Å². The van der Waals surface area contributed by atoms with Gasteiger partial charge in [0.2, 0.25) is 5.91 Å². The summed E-state index contributed by atoms with van der Waals surface area (Å²) < 4.78 is 18.7. The Kier molecular flexibility index (Phi) is 5.20. The Morgan fingerprint density at radius 3 is 2.21 bits per heavy atom. The Hall–Kier alpha value is -4.33. The molecule has 3 aromatic rings. The van der Waals surface area contributed by atoms with Crippen molar-refractivity contribution in [3.05, 3.63) is 89.2 Å². The predicted octanol–water partition coefficient (Wildman–Crippen LogP) is 3.89. The zero-order valence-corrected chi connectivity index (χ0v) is 18.2. The van der Waals surface area contributed by atoms with E-state index in [0.717, 1.165) is 4.90 Å². The summed E-state index contributed by atoms with van der Waals surface area (Å²) in [7, 11) is 0. The molecule has 34 heavy (non-hydrogen) atoms. The highest BCUT2D eigenvalue weighted by atomic mass is 19.1. The number of halogens is 1. The zero-order valence-electron chi connectivity index (χ0n) is 18.2. The van der Waals surface area contributed by atoms with Gasteiger partial charge in [0, 0.05) is 18.7 Å². The smallest absolute Gasteiger partial charge is 0.316 e. The monoisotopic (exact) mass is 458 g/mol. The van der Waals surface area contributed by atoms with Gasteiger partial charge in [0.1, 0.15) is 11.6 Å². The highest BCUT2D eigenvalue weighted by Crippen LogP contribution is 2.33. The van der Waals surface area contributed by atoms with Crippen molar-refractivity contribution in [1.82, 2.24) is 0 Å². The van der Waals surface area contributed by atoms with E-state index in [2.05, 4.69) is 0 Å². The Bertz CT molecular complexity index is 1320. The number of carbonyl (C=O) groups excluding carboxylic acids is 4. The van der Waals surface area contributed by atoms with Crippen LogP contribution < -0.4 is 14.5 Å². The van der Waals surface area contributed by atoms with Crippen LogP contribution in [0.4, 0.5) is 15.8 Å². The van der Waals surface area contributed by atoms with Crippen LogP contribution in [0.2, 0.25) is 0 Å². The summed E-state index contributed by atoms with van der Waals surface area (Å²) in [6, 6.07) is 16.8. The Morgan fingerprint density at radius 2 is 1.59 bits per heavy atom. The molecule has 3 amide bonds. The van der Waals surface area contributed by atoms with Crippen LogP contribution in [0.3, 0.4) is 0 Å². The van der Waals surface area contributed by atoms with Gasteiger partial charge in [-0.15, -0.1) is 0 Å². The number of nitrogens with zero attached hydrogens (tertiary/aromatic N) is 2. The van der Waals surface area contributed by atoms with Crippen molar-refractivity contribution in [2.75, 3.05) is 16.3 Å². The zero-order chi connectivity index (χ0) is 24.0. The SMILES string of the molecule is Cc1cc(OC(=O)[C@H]2CC(=O)N(c3ccc(F)cc3)C2)ccc1N1C(=O)c2ccccc2C1=O. The van der Waals surface area contributed by atoms with Crippen LogP contribution in [-0.4, -0.2) is 30.2 Å². The topological polar surface area (TPSA) is 84.0 Å². The highest BCUT2D eigenvalue weighted by Gasteiger charge is 2.38. The first-order valence-corrected chi connectivity index (χ1v) is 10.7. The van der Waals surface area contributed by atoms with Gasteiger partial charge >= 0.3 is 5.97 Å². The van der Waals surface area contributed by atoms with Gasteiger partial charge < -0.3 is 9.64 Å². The number of imide groups is 1. The largest absolute Gasteiger partial charge is 0.426 e. The van der Waals surface area contributed by atoms with Crippen molar-refractivity contribution in [3.63, 3.8) is 0 Å². The Morgan fingerprint density at radius 1 is 0.941 bits per heavy atom. The maximum Gasteiger partial charge on any atom is 0.316 e. The first kappa shape index (κ1) is 21.5. The fraction of sp³-hybridized carbons (Fsp3) is 0.154. The molecule has 2 aliphatic heterocycles. The summed E-state index contributed by atoms with van der Waals surface area (Å²) in [6.45, 7) is 1.85. The van der Waals surface area contributed by atoms with Gasteiger partial charge in [-0.2, -0.15) is 0 Å². The van der Waals surface area contributed by atoms with Gasteiger partial charge in [-0.1, -0.05) is 12.1 Å². The fourth-order valence-corrected chi connectivity index (χ4v) is 4.29. The minimum atomic E-state index is -0.672. The third-order valence-corrected chi connectivity index (χ3v) is 6.02. The van der Waals surface area contributed by atoms with E-state index in [-0.39, 0.29) is 24.6 Å². The average Bonchev–Trinajstić information content (AvgIpc) is 3.33. The van der Waals surface area contributed by atoms with Crippen molar-refractivity contribution < 1.29 is 28.3 Å². The third kappa shape index (κ3) is 3.63. The lowest BCUT2D eigenvalue weighted by Gasteiger charge is -2.18. The second kappa shape index (κ2) is 8.22. The van der Waals surface area contributed by atoms with Crippen LogP contribution in [0, 0.1) is 18.7 Å². The van der Waals surface area contributed by atoms with Crippen LogP contribution >= 0.6 is 0 Å². The summed E-state index contributed by atoms with van der Waals surface area (Å²) in [5.74, 6) is -2.45. The molecular formula is C26H19FN2O5. The van der Waals surface area contributed by atoms with Crippen molar-refractivity contribution >= 4 is 35.1 Å². The summed E-state index contributed by atoms with van der Waals surface area (Å²) in [6.07, 6.45) is -0.0116. The van der Waals surface area contributed by atoms with Crippen LogP contribution in [0.5, 0.6) is 5.75 Å². The number of fused-ring (bicyclic) bond motifs is 1. The minimum Gasteiger partial charge on any atom is -0.426 e. The van der Waals surface area contributed by atoms with E-state index in [1.807, 2.05) is 0 Å². The lowest BCUT2D eigenvalue weighted by molar-refractivity contribution is -0.139. The number of carbonyl (C=O) groups is 4. The summed E-state index contributed by atoms with van der Waals surface area (Å²) in [4.78, 5) is 53.2. The van der Waals surface area contributed by atoms with E-state index in [1.54, 1.807) is 43.3 Å². The van der Waals surface area contributed by atoms with E-state index in [1.165, 1.54) is 35.2 Å². The molecule has 1 fully saturated rings. The summed E-state index contributed by atoms with van der Waals surface area (Å²) >= 11 is 0. The molecule has 0 spiro atoms. The molecule has 0 radical (unpaired) electrons. The second-order valence-corrected chi connectivity index (χ2v) is 8.24. The molecule has 0 aliphatic carbocycles. The number of anilines is 2. The second-order valence-electron chi connectivity index (χ2n) is 8.24. The van der Waals surface area contributed by atoms with Gasteiger partial charge in [0.05, 0.1) is 22.7 Å². The average molecular weight is 458 g/mol. The Balaban J connectivity index is 1.30. The van der Waals surface area contributed by atoms with Crippen molar-refractivity contribution in [2.24, 2.45) is 5.92 Å². The maximum atomic E-state index is 13.2. The quantitative estimate of drug-likeness (QED) is 0.337. The van der Waals surface area contributed by atoms with E-state index < -0.39 is 29.5 Å². The number of hydrogen-bond donors (Lipinski definition) is 0. The number of aryl methyl sites for hydroxylation is 1. The molecule has 7 nitrogen and oxygen atoms in total. The first-order valence-electron chi connectivity index (χ1n) is 10.7. The molecule has 2 aliphatic rings. The predicted molar refractivity (Wildman–Crippen MR) is 121 cm³/mol. The lowest BCUT2D eigenvalue weighted by atomic mass is 10.1. The molecule has 8 heteroatoms. The first-order chi connectivity index (χ1) is 16.3. The van der Waals surface area contributed by atoms with E-state index in [4.69, 9.17) is 4.74 Å². The Labute approximate surface area is 194 Å². The molecule has 0 unspecified atom stereocenters. The van der Waals surface area contributed by atoms with Crippen LogP contribution in [0.1, 0.15) is 32.7 Å². The van der Waals surface area contributed by atoms with Crippen molar-refractivity contribution in [3.8, 4) is 5.75 Å². The van der Waals surface area contributed by atoms with Gasteiger partial charge in [-0.3, -0.25) is 19.2 Å². The van der Waals surface area contributed by atoms with Gasteiger partial charge in [0.25, 0.3) is 11.8 Å². The molecule has 0 saturated carbocycles. The van der Waals surface area contributed by atoms with Crippen molar-refractivity contribution in [2.45, 2.75) is 13.3 Å². The molecule has 1 atom stereocenters. The molecule has 170 valence electrons. The number of hydrogen-bond acceptors (Lipinski definition) is 5. The summed E-state index contributed by atoms with van der Waals surface area (Å²) in [5, 5.41) is 0. The molecule has 0 aromatic heterocycles. The number of amides is 3. The molecule has 0 N–H and O–H groups in total. The van der Waals surface area contributed by atoms with Crippen LogP contribution in [0.25, 0.3) is 0 Å².